The number of rotatable bonds is 4. The van der Waals surface area contributed by atoms with E-state index >= 15 is 0 Å². The number of hydrogen-bond acceptors (Lipinski definition) is 6. The Balaban J connectivity index is 0.00000261. The highest BCUT2D eigenvalue weighted by Crippen LogP contribution is 2.22. The third-order valence-electron chi connectivity index (χ3n) is 4.35. The van der Waals surface area contributed by atoms with E-state index in [1.165, 1.54) is 0 Å². The van der Waals surface area contributed by atoms with Crippen LogP contribution in [0.5, 0.6) is 11.5 Å². The van der Waals surface area contributed by atoms with Crippen LogP contribution in [-0.4, -0.2) is 66.3 Å². The molecule has 2 aromatic rings. The fourth-order valence-electron chi connectivity index (χ4n) is 2.91. The second kappa shape index (κ2) is 10.1. The van der Waals surface area contributed by atoms with Gasteiger partial charge < -0.3 is 25.0 Å². The summed E-state index contributed by atoms with van der Waals surface area (Å²) in [4.78, 5) is 17.3. The number of methoxy groups -OCH3 is 1. The molecule has 0 radical (unpaired) electrons. The minimum atomic E-state index is 0. The predicted octanol–water partition coefficient (Wildman–Crippen LogP) is 1.71. The van der Waals surface area contributed by atoms with Crippen LogP contribution in [0.25, 0.3) is 0 Å². The van der Waals surface area contributed by atoms with Gasteiger partial charge in [0.1, 0.15) is 11.5 Å². The molecular weight excluding hydrogens is 459 g/mol. The van der Waals surface area contributed by atoms with Gasteiger partial charge in [0.25, 0.3) is 0 Å². The minimum Gasteiger partial charge on any atom is -0.508 e. The van der Waals surface area contributed by atoms with Gasteiger partial charge in [-0.05, 0) is 24.3 Å². The van der Waals surface area contributed by atoms with Gasteiger partial charge in [-0.1, -0.05) is 0 Å². The van der Waals surface area contributed by atoms with Crippen molar-refractivity contribution >= 4 is 35.9 Å². The first-order chi connectivity index (χ1) is 12.7. The second-order valence-corrected chi connectivity index (χ2v) is 5.92. The maximum absolute atomic E-state index is 10.0. The molecule has 1 aliphatic heterocycles. The number of halogens is 1. The number of nitrogens with one attached hydrogen (secondary N) is 1. The third-order valence-corrected chi connectivity index (χ3v) is 4.35. The van der Waals surface area contributed by atoms with Crippen molar-refractivity contribution in [3.63, 3.8) is 0 Å². The normalized spacial score (nSPS) is 14.5. The van der Waals surface area contributed by atoms with Crippen molar-refractivity contribution in [3.05, 3.63) is 42.2 Å². The van der Waals surface area contributed by atoms with Gasteiger partial charge in [-0.2, -0.15) is 0 Å². The molecule has 1 aromatic heterocycles. The largest absolute Gasteiger partial charge is 0.508 e. The molecule has 9 heteroatoms. The molecule has 0 unspecified atom stereocenters. The first-order valence-corrected chi connectivity index (χ1v) is 8.54. The van der Waals surface area contributed by atoms with Crippen LogP contribution in [0.2, 0.25) is 0 Å². The Morgan fingerprint density at radius 2 is 1.93 bits per heavy atom. The van der Waals surface area contributed by atoms with Gasteiger partial charge in [-0.25, -0.2) is 9.97 Å². The highest BCUT2D eigenvalue weighted by Gasteiger charge is 2.21. The maximum atomic E-state index is 10.0. The van der Waals surface area contributed by atoms with Crippen LogP contribution in [0.15, 0.2) is 41.7 Å². The van der Waals surface area contributed by atoms with Gasteiger partial charge in [0.2, 0.25) is 5.95 Å². The van der Waals surface area contributed by atoms with Gasteiger partial charge in [0, 0.05) is 57.7 Å². The average molecular weight is 484 g/mol. The fraction of sp³-hybridized carbons (Fsp3) is 0.389. The molecule has 0 spiro atoms. The monoisotopic (exact) mass is 484 g/mol. The topological polar surface area (TPSA) is 86.1 Å². The van der Waals surface area contributed by atoms with Crippen LogP contribution in [0.4, 0.5) is 5.95 Å². The highest BCUT2D eigenvalue weighted by atomic mass is 127. The summed E-state index contributed by atoms with van der Waals surface area (Å²) in [5.74, 6) is 2.52. The molecule has 2 N–H and O–H groups in total. The Kier molecular flexibility index (Phi) is 7.89. The average Bonchev–Trinajstić information content (AvgIpc) is 2.71. The summed E-state index contributed by atoms with van der Waals surface area (Å²) in [6, 6.07) is 7.01. The van der Waals surface area contributed by atoms with Gasteiger partial charge in [0.05, 0.1) is 7.11 Å². The van der Waals surface area contributed by atoms with Crippen molar-refractivity contribution in [1.82, 2.24) is 20.2 Å². The number of nitrogens with zero attached hydrogens (tertiary/aromatic N) is 5. The Labute approximate surface area is 176 Å². The first-order valence-electron chi connectivity index (χ1n) is 8.54. The Bertz CT molecular complexity index is 751. The molecule has 1 aromatic carbocycles. The molecule has 0 saturated carbocycles. The lowest BCUT2D eigenvalue weighted by molar-refractivity contribution is 0.369. The quantitative estimate of drug-likeness (QED) is 0.388. The van der Waals surface area contributed by atoms with Gasteiger partial charge in [-0.3, -0.25) is 4.99 Å². The van der Waals surface area contributed by atoms with E-state index in [0.717, 1.165) is 43.7 Å². The zero-order valence-electron chi connectivity index (χ0n) is 15.5. The summed E-state index contributed by atoms with van der Waals surface area (Å²) in [5, 5.41) is 13.3. The van der Waals surface area contributed by atoms with E-state index in [0.29, 0.717) is 12.3 Å². The lowest BCUT2D eigenvalue weighted by Gasteiger charge is -2.36. The summed E-state index contributed by atoms with van der Waals surface area (Å²) in [6.45, 7) is 3.77. The zero-order chi connectivity index (χ0) is 18.4. The highest BCUT2D eigenvalue weighted by molar-refractivity contribution is 14.0. The number of phenols is 1. The molecule has 2 heterocycles. The van der Waals surface area contributed by atoms with Crippen molar-refractivity contribution in [2.75, 3.05) is 45.2 Å². The molecule has 27 heavy (non-hydrogen) atoms. The van der Waals surface area contributed by atoms with E-state index in [1.807, 2.05) is 12.1 Å². The maximum Gasteiger partial charge on any atom is 0.225 e. The van der Waals surface area contributed by atoms with E-state index in [2.05, 4.69) is 30.1 Å². The van der Waals surface area contributed by atoms with Gasteiger partial charge in [-0.15, -0.1) is 24.0 Å². The molecule has 1 aliphatic rings. The van der Waals surface area contributed by atoms with Crippen LogP contribution in [-0.2, 0) is 6.54 Å². The number of ether oxygens (including phenoxy) is 1. The van der Waals surface area contributed by atoms with Crippen molar-refractivity contribution in [3.8, 4) is 11.5 Å². The van der Waals surface area contributed by atoms with Crippen LogP contribution < -0.4 is 15.0 Å². The van der Waals surface area contributed by atoms with Gasteiger partial charge in [0.15, 0.2) is 5.96 Å². The Morgan fingerprint density at radius 1 is 1.22 bits per heavy atom. The van der Waals surface area contributed by atoms with Crippen molar-refractivity contribution in [2.45, 2.75) is 6.54 Å². The molecule has 0 atom stereocenters. The Morgan fingerprint density at radius 3 is 2.56 bits per heavy atom. The lowest BCUT2D eigenvalue weighted by Crippen LogP contribution is -2.52. The van der Waals surface area contributed by atoms with Gasteiger partial charge >= 0.3 is 0 Å². The van der Waals surface area contributed by atoms with Crippen LogP contribution >= 0.6 is 24.0 Å². The third kappa shape index (κ3) is 5.34. The van der Waals surface area contributed by atoms with E-state index < -0.39 is 0 Å². The SMILES string of the molecule is CN=C(NCc1cc(OC)ccc1O)N1CCN(c2ncccn2)CC1.I. The number of anilines is 1. The van der Waals surface area contributed by atoms with Crippen molar-refractivity contribution in [1.29, 1.82) is 0 Å². The number of hydrogen-bond donors (Lipinski definition) is 2. The van der Waals surface area contributed by atoms with Crippen LogP contribution in [0.1, 0.15) is 5.56 Å². The van der Waals surface area contributed by atoms with Crippen LogP contribution in [0.3, 0.4) is 0 Å². The van der Waals surface area contributed by atoms with E-state index in [9.17, 15) is 5.11 Å². The first kappa shape index (κ1) is 21.0. The summed E-state index contributed by atoms with van der Waals surface area (Å²) in [5.41, 5.74) is 0.766. The number of aliphatic imine (C=N–C) groups is 1. The number of phenolic OH excluding ortho intramolecular Hbond substituents is 1. The summed E-state index contributed by atoms with van der Waals surface area (Å²) in [6.07, 6.45) is 3.52. The Hall–Kier alpha value is -2.30. The van der Waals surface area contributed by atoms with E-state index in [1.54, 1.807) is 38.7 Å². The number of aromatic nitrogens is 2. The lowest BCUT2D eigenvalue weighted by atomic mass is 10.2. The summed E-state index contributed by atoms with van der Waals surface area (Å²) >= 11 is 0. The molecular formula is C18H25IN6O2. The van der Waals surface area contributed by atoms with Crippen molar-refractivity contribution < 1.29 is 9.84 Å². The predicted molar refractivity (Wildman–Crippen MR) is 116 cm³/mol. The van der Waals surface area contributed by atoms with Crippen LogP contribution in [0, 0.1) is 0 Å². The summed E-state index contributed by atoms with van der Waals surface area (Å²) in [7, 11) is 3.37. The number of piperazine rings is 1. The van der Waals surface area contributed by atoms with Crippen molar-refractivity contribution in [2.24, 2.45) is 4.99 Å². The zero-order valence-corrected chi connectivity index (χ0v) is 17.8. The molecule has 1 fully saturated rings. The fourth-order valence-corrected chi connectivity index (χ4v) is 2.91. The molecule has 146 valence electrons. The standard InChI is InChI=1S/C18H24N6O2.HI/c1-19-17(22-13-14-12-15(26-2)4-5-16(14)25)23-8-10-24(11-9-23)18-20-6-3-7-21-18;/h3-7,12,25H,8-11,13H2,1-2H3,(H,19,22);1H. The summed E-state index contributed by atoms with van der Waals surface area (Å²) < 4.78 is 5.22. The van der Waals surface area contributed by atoms with E-state index in [-0.39, 0.29) is 29.7 Å². The molecule has 0 aliphatic carbocycles. The molecule has 3 rings (SSSR count). The molecule has 8 nitrogen and oxygen atoms in total. The smallest absolute Gasteiger partial charge is 0.225 e. The minimum absolute atomic E-state index is 0. The number of aromatic hydroxyl groups is 1. The number of guanidine groups is 1. The van der Waals surface area contributed by atoms with E-state index in [4.69, 9.17) is 4.74 Å². The number of benzene rings is 1. The molecule has 0 bridgehead atoms. The second-order valence-electron chi connectivity index (χ2n) is 5.92. The molecule has 1 saturated heterocycles. The molecule has 0 amide bonds.